The van der Waals surface area contributed by atoms with Gasteiger partial charge in [-0.25, -0.2) is 9.18 Å². The highest BCUT2D eigenvalue weighted by Gasteiger charge is 2.40. The van der Waals surface area contributed by atoms with Crippen molar-refractivity contribution in [3.8, 4) is 0 Å². The number of aryl methyl sites for hydroxylation is 1. The van der Waals surface area contributed by atoms with Gasteiger partial charge in [-0.2, -0.15) is 18.3 Å². The highest BCUT2D eigenvalue weighted by atomic mass is 19.4. The smallest absolute Gasteiger partial charge is 0.391 e. The molecule has 1 unspecified atom stereocenters. The maximum absolute atomic E-state index is 14.6. The van der Waals surface area contributed by atoms with Crippen LogP contribution in [0.5, 0.6) is 0 Å². The van der Waals surface area contributed by atoms with E-state index in [1.807, 2.05) is 17.9 Å². The van der Waals surface area contributed by atoms with Crippen LogP contribution < -0.4 is 9.80 Å². The number of hydrogen-bond donors (Lipinski definition) is 1. The fourth-order valence-electron chi connectivity index (χ4n) is 5.61. The molecule has 5 rings (SSSR count). The van der Waals surface area contributed by atoms with Crippen LogP contribution in [0.2, 0.25) is 0 Å². The molecule has 2 amide bonds. The van der Waals surface area contributed by atoms with Crippen LogP contribution in [0.4, 0.5) is 33.9 Å². The molecule has 1 aromatic heterocycles. The lowest BCUT2D eigenvalue weighted by atomic mass is 10.00. The fraction of sp³-hybridized carbons (Fsp3) is 0.429. The van der Waals surface area contributed by atoms with Crippen LogP contribution in [0.15, 0.2) is 48.7 Å². The summed E-state index contributed by atoms with van der Waals surface area (Å²) in [7, 11) is 0. The predicted octanol–water partition coefficient (Wildman–Crippen LogP) is 5.34. The molecule has 7 nitrogen and oxygen atoms in total. The van der Waals surface area contributed by atoms with Gasteiger partial charge in [0.05, 0.1) is 37.0 Å². The van der Waals surface area contributed by atoms with Gasteiger partial charge in [0.2, 0.25) is 0 Å². The normalized spacial score (nSPS) is 17.5. The van der Waals surface area contributed by atoms with E-state index in [1.54, 1.807) is 24.1 Å². The minimum Gasteiger partial charge on any atom is -0.391 e. The van der Waals surface area contributed by atoms with Crippen LogP contribution in [-0.2, 0) is 25.8 Å². The first-order valence-electron chi connectivity index (χ1n) is 13.0. The van der Waals surface area contributed by atoms with Gasteiger partial charge in [-0.15, -0.1) is 0 Å². The summed E-state index contributed by atoms with van der Waals surface area (Å²) in [6, 6.07) is 9.61. The number of anilines is 2. The Labute approximate surface area is 224 Å². The van der Waals surface area contributed by atoms with E-state index in [4.69, 9.17) is 0 Å². The molecule has 2 aliphatic heterocycles. The summed E-state index contributed by atoms with van der Waals surface area (Å²) in [6.07, 6.45) is -2.35. The molecule has 39 heavy (non-hydrogen) atoms. The molecule has 2 aliphatic rings. The molecule has 1 fully saturated rings. The van der Waals surface area contributed by atoms with Crippen molar-refractivity contribution in [2.75, 3.05) is 22.9 Å². The summed E-state index contributed by atoms with van der Waals surface area (Å²) in [5.74, 6) is 0.0143. The second kappa shape index (κ2) is 10.5. The van der Waals surface area contributed by atoms with Gasteiger partial charge in [0.15, 0.2) is 5.82 Å². The summed E-state index contributed by atoms with van der Waals surface area (Å²) in [5.41, 5.74) is 1.28. The van der Waals surface area contributed by atoms with Gasteiger partial charge in [-0.1, -0.05) is 30.3 Å². The lowest BCUT2D eigenvalue weighted by Gasteiger charge is -2.43. The number of aromatic nitrogens is 2. The Morgan fingerprint density at radius 1 is 1.10 bits per heavy atom. The van der Waals surface area contributed by atoms with Gasteiger partial charge in [-0.05, 0) is 49.9 Å². The van der Waals surface area contributed by atoms with E-state index >= 15 is 0 Å². The van der Waals surface area contributed by atoms with Crippen molar-refractivity contribution >= 4 is 17.5 Å². The topological polar surface area (TPSA) is 64.8 Å². The number of hydrogen-bond acceptors (Lipinski definition) is 4. The Balaban J connectivity index is 1.42. The zero-order chi connectivity index (χ0) is 27.9. The average Bonchev–Trinajstić information content (AvgIpc) is 3.27. The monoisotopic (exact) mass is 545 g/mol. The molecule has 0 saturated carbocycles. The van der Waals surface area contributed by atoms with Crippen molar-refractivity contribution in [3.05, 3.63) is 76.7 Å². The molecule has 1 atom stereocenters. The van der Waals surface area contributed by atoms with Crippen LogP contribution >= 0.6 is 0 Å². The summed E-state index contributed by atoms with van der Waals surface area (Å²) < 4.78 is 57.3. The third kappa shape index (κ3) is 5.45. The average molecular weight is 546 g/mol. The first-order valence-corrected chi connectivity index (χ1v) is 13.0. The van der Waals surface area contributed by atoms with E-state index in [0.717, 1.165) is 11.6 Å². The Morgan fingerprint density at radius 3 is 2.49 bits per heavy atom. The van der Waals surface area contributed by atoms with Crippen molar-refractivity contribution in [1.82, 2.24) is 14.7 Å². The number of piperidine rings is 1. The summed E-state index contributed by atoms with van der Waals surface area (Å²) in [6.45, 7) is 4.71. The van der Waals surface area contributed by atoms with Crippen molar-refractivity contribution in [2.45, 2.75) is 64.6 Å². The molecule has 0 bridgehead atoms. The van der Waals surface area contributed by atoms with E-state index in [1.165, 1.54) is 33.8 Å². The standard InChI is InChI=1S/C28H31F4N5O2/c1-18-6-5-9-24(29)25(18)34-12-10-22(11-13-34)36-17-21-15-35(14-19(2)38)33-26(21)37(27(36)39)16-20-7-3-4-8-23(20)28(30,31)32/h3-9,15,19,22,38H,10-14,16-17H2,1-2H3. The number of urea groups is 1. The molecule has 0 spiro atoms. The van der Waals surface area contributed by atoms with E-state index in [0.29, 0.717) is 43.0 Å². The number of rotatable bonds is 6. The summed E-state index contributed by atoms with van der Waals surface area (Å²) in [5, 5.41) is 14.3. The molecule has 2 aromatic carbocycles. The van der Waals surface area contributed by atoms with Crippen molar-refractivity contribution < 1.29 is 27.5 Å². The quantitative estimate of drug-likeness (QED) is 0.425. The van der Waals surface area contributed by atoms with Gasteiger partial charge in [0, 0.05) is 30.9 Å². The summed E-state index contributed by atoms with van der Waals surface area (Å²) >= 11 is 0. The lowest BCUT2D eigenvalue weighted by molar-refractivity contribution is -0.138. The molecule has 0 radical (unpaired) electrons. The number of alkyl halides is 3. The highest BCUT2D eigenvalue weighted by molar-refractivity contribution is 5.94. The van der Waals surface area contributed by atoms with Gasteiger partial charge in [0.25, 0.3) is 0 Å². The third-order valence-corrected chi connectivity index (χ3v) is 7.40. The number of amides is 2. The van der Waals surface area contributed by atoms with Gasteiger partial charge < -0.3 is 14.9 Å². The number of aliphatic hydroxyl groups is 1. The number of para-hydroxylation sites is 1. The number of carbonyl (C=O) groups is 1. The van der Waals surface area contributed by atoms with Crippen LogP contribution in [0.3, 0.4) is 0 Å². The van der Waals surface area contributed by atoms with E-state index < -0.39 is 23.9 Å². The zero-order valence-corrected chi connectivity index (χ0v) is 21.8. The number of nitrogens with zero attached hydrogens (tertiary/aromatic N) is 5. The number of halogens is 4. The lowest BCUT2D eigenvalue weighted by Crippen LogP contribution is -2.54. The molecule has 1 saturated heterocycles. The Kier molecular flexibility index (Phi) is 7.28. The Morgan fingerprint density at radius 2 is 1.82 bits per heavy atom. The van der Waals surface area contributed by atoms with Crippen LogP contribution in [0, 0.1) is 12.7 Å². The highest BCUT2D eigenvalue weighted by Crippen LogP contribution is 2.37. The van der Waals surface area contributed by atoms with Crippen molar-refractivity contribution in [2.24, 2.45) is 0 Å². The van der Waals surface area contributed by atoms with Crippen LogP contribution in [0.25, 0.3) is 0 Å². The molecular weight excluding hydrogens is 514 g/mol. The molecule has 11 heteroatoms. The van der Waals surface area contributed by atoms with Crippen molar-refractivity contribution in [1.29, 1.82) is 0 Å². The maximum atomic E-state index is 14.6. The molecule has 3 aromatic rings. The van der Waals surface area contributed by atoms with Gasteiger partial charge in [0.1, 0.15) is 5.82 Å². The zero-order valence-electron chi connectivity index (χ0n) is 21.8. The van der Waals surface area contributed by atoms with Gasteiger partial charge >= 0.3 is 12.2 Å². The maximum Gasteiger partial charge on any atom is 0.416 e. The summed E-state index contributed by atoms with van der Waals surface area (Å²) in [4.78, 5) is 18.8. The molecule has 3 heterocycles. The minimum absolute atomic E-state index is 0.0268. The molecule has 208 valence electrons. The van der Waals surface area contributed by atoms with Crippen LogP contribution in [0.1, 0.15) is 42.0 Å². The van der Waals surface area contributed by atoms with E-state index in [-0.39, 0.29) is 37.1 Å². The number of aliphatic hydroxyl groups excluding tert-OH is 1. The Hall–Kier alpha value is -3.60. The molecule has 0 aliphatic carbocycles. The third-order valence-electron chi connectivity index (χ3n) is 7.40. The van der Waals surface area contributed by atoms with E-state index in [9.17, 15) is 27.5 Å². The second-order valence-electron chi connectivity index (χ2n) is 10.3. The van der Waals surface area contributed by atoms with E-state index in [2.05, 4.69) is 5.10 Å². The van der Waals surface area contributed by atoms with Crippen LogP contribution in [-0.4, -0.2) is 51.1 Å². The predicted molar refractivity (Wildman–Crippen MR) is 139 cm³/mol. The number of benzene rings is 2. The Bertz CT molecular complexity index is 1330. The SMILES string of the molecule is Cc1cccc(F)c1N1CCC(N2Cc3cn(CC(C)O)nc3N(Cc3ccccc3C(F)(F)F)C2=O)CC1. The fourth-order valence-corrected chi connectivity index (χ4v) is 5.61. The molecule has 1 N–H and O–H groups in total. The first kappa shape index (κ1) is 27.0. The second-order valence-corrected chi connectivity index (χ2v) is 10.3. The largest absolute Gasteiger partial charge is 0.416 e. The molecular formula is C28H31F4N5O2. The number of fused-ring (bicyclic) bond motifs is 1. The number of carbonyl (C=O) groups excluding carboxylic acids is 1. The first-order chi connectivity index (χ1) is 18.5. The minimum atomic E-state index is -4.57. The van der Waals surface area contributed by atoms with Crippen molar-refractivity contribution in [3.63, 3.8) is 0 Å². The van der Waals surface area contributed by atoms with Gasteiger partial charge in [-0.3, -0.25) is 9.58 Å².